The van der Waals surface area contributed by atoms with Gasteiger partial charge in [0.05, 0.1) is 23.9 Å². The zero-order valence-electron chi connectivity index (χ0n) is 15.3. The quantitative estimate of drug-likeness (QED) is 0.644. The van der Waals surface area contributed by atoms with Crippen LogP contribution < -0.4 is 16.2 Å². The second-order valence-electron chi connectivity index (χ2n) is 7.56. The summed E-state index contributed by atoms with van der Waals surface area (Å²) in [5.74, 6) is 0.959. The number of aromatic nitrogens is 2. The van der Waals surface area contributed by atoms with Crippen LogP contribution in [0.2, 0.25) is 0 Å². The molecular formula is C18H27N5O3. The van der Waals surface area contributed by atoms with E-state index in [2.05, 4.69) is 33.1 Å². The molecule has 0 spiro atoms. The van der Waals surface area contributed by atoms with E-state index >= 15 is 0 Å². The number of hydrogen-bond acceptors (Lipinski definition) is 7. The lowest BCUT2D eigenvalue weighted by Gasteiger charge is -2.34. The molecule has 1 aliphatic carbocycles. The molecule has 3 N–H and O–H groups in total. The van der Waals surface area contributed by atoms with Gasteiger partial charge < -0.3 is 14.8 Å². The van der Waals surface area contributed by atoms with Gasteiger partial charge in [0.25, 0.3) is 0 Å². The Balaban J connectivity index is 1.62. The number of rotatable bonds is 0. The van der Waals surface area contributed by atoms with E-state index in [-0.39, 0.29) is 24.9 Å². The Morgan fingerprint density at radius 1 is 1.19 bits per heavy atom. The fourth-order valence-electron chi connectivity index (χ4n) is 4.27. The highest BCUT2D eigenvalue weighted by atomic mass is 16.5. The maximum absolute atomic E-state index is 11.9. The van der Waals surface area contributed by atoms with Crippen molar-refractivity contribution in [3.63, 3.8) is 0 Å². The van der Waals surface area contributed by atoms with E-state index in [1.165, 1.54) is 0 Å². The van der Waals surface area contributed by atoms with E-state index < -0.39 is 6.09 Å². The molecule has 8 nitrogen and oxygen atoms in total. The Labute approximate surface area is 153 Å². The zero-order valence-corrected chi connectivity index (χ0v) is 15.3. The number of nitrogens with zero attached hydrogens (tertiary/aromatic N) is 2. The summed E-state index contributed by atoms with van der Waals surface area (Å²) in [4.78, 5) is 20.9. The van der Waals surface area contributed by atoms with Crippen LogP contribution in [-0.2, 0) is 16.1 Å². The van der Waals surface area contributed by atoms with E-state index in [1.807, 2.05) is 13.0 Å². The Morgan fingerprint density at radius 3 is 2.96 bits per heavy atom. The molecule has 26 heavy (non-hydrogen) atoms. The van der Waals surface area contributed by atoms with Crippen molar-refractivity contribution in [2.24, 2.45) is 5.92 Å². The smallest absolute Gasteiger partial charge is 0.407 e. The fraction of sp³-hybridized carbons (Fsp3) is 0.722. The SMILES string of the molecule is Cc1cc2nc(n1)COC(=O)NCC[C@@H](C)OC1CCC3NNC2C3C1. The number of aryl methyl sites for hydroxylation is 1. The van der Waals surface area contributed by atoms with Gasteiger partial charge in [-0.2, -0.15) is 0 Å². The predicted molar refractivity (Wildman–Crippen MR) is 94.1 cm³/mol. The lowest BCUT2D eigenvalue weighted by molar-refractivity contribution is -0.0381. The predicted octanol–water partition coefficient (Wildman–Crippen LogP) is 1.51. The van der Waals surface area contributed by atoms with Crippen molar-refractivity contribution in [3.8, 4) is 0 Å². The largest absolute Gasteiger partial charge is 0.441 e. The summed E-state index contributed by atoms with van der Waals surface area (Å²) in [5, 5.41) is 2.77. The van der Waals surface area contributed by atoms with Gasteiger partial charge in [0.15, 0.2) is 12.4 Å². The third-order valence-corrected chi connectivity index (χ3v) is 5.52. The summed E-state index contributed by atoms with van der Waals surface area (Å²) in [6.07, 6.45) is 3.81. The van der Waals surface area contributed by atoms with Crippen molar-refractivity contribution < 1.29 is 14.3 Å². The minimum atomic E-state index is -0.446. The Hall–Kier alpha value is -1.77. The van der Waals surface area contributed by atoms with Crippen molar-refractivity contribution in [3.05, 3.63) is 23.3 Å². The molecule has 1 aromatic heterocycles. The molecule has 3 heterocycles. The second-order valence-corrected chi connectivity index (χ2v) is 7.56. The van der Waals surface area contributed by atoms with Gasteiger partial charge in [0.1, 0.15) is 0 Å². The van der Waals surface area contributed by atoms with Gasteiger partial charge in [-0.05, 0) is 45.6 Å². The van der Waals surface area contributed by atoms with Gasteiger partial charge in [0.2, 0.25) is 0 Å². The van der Waals surface area contributed by atoms with E-state index in [0.717, 1.165) is 37.1 Å². The van der Waals surface area contributed by atoms with E-state index in [4.69, 9.17) is 9.47 Å². The highest BCUT2D eigenvalue weighted by Gasteiger charge is 2.42. The molecule has 2 aliphatic heterocycles. The van der Waals surface area contributed by atoms with Gasteiger partial charge in [-0.25, -0.2) is 20.2 Å². The number of alkyl carbamates (subject to hydrolysis) is 1. The van der Waals surface area contributed by atoms with Crippen LogP contribution in [0.1, 0.15) is 55.9 Å². The van der Waals surface area contributed by atoms with Crippen molar-refractivity contribution in [2.45, 2.75) is 70.4 Å². The number of ether oxygens (including phenoxy) is 2. The van der Waals surface area contributed by atoms with E-state index in [1.54, 1.807) is 0 Å². The molecular weight excluding hydrogens is 334 g/mol. The molecule has 8 heteroatoms. The van der Waals surface area contributed by atoms with Gasteiger partial charge in [-0.3, -0.25) is 5.43 Å². The summed E-state index contributed by atoms with van der Waals surface area (Å²) in [5.41, 5.74) is 8.67. The number of hydrazine groups is 1. The summed E-state index contributed by atoms with van der Waals surface area (Å²) < 4.78 is 11.5. The number of carbonyl (C=O) groups is 1. The number of hydrogen-bond donors (Lipinski definition) is 3. The van der Waals surface area contributed by atoms with Crippen molar-refractivity contribution in [2.75, 3.05) is 6.54 Å². The molecule has 3 aliphatic rings. The van der Waals surface area contributed by atoms with Crippen LogP contribution in [0.15, 0.2) is 6.07 Å². The molecule has 2 fully saturated rings. The van der Waals surface area contributed by atoms with Crippen LogP contribution in [0.5, 0.6) is 0 Å². The van der Waals surface area contributed by atoms with E-state index in [0.29, 0.717) is 24.3 Å². The van der Waals surface area contributed by atoms with Crippen molar-refractivity contribution in [1.82, 2.24) is 26.1 Å². The molecule has 142 valence electrons. The van der Waals surface area contributed by atoms with E-state index in [9.17, 15) is 4.79 Å². The zero-order chi connectivity index (χ0) is 18.1. The molecule has 1 saturated carbocycles. The van der Waals surface area contributed by atoms with Gasteiger partial charge in [-0.15, -0.1) is 0 Å². The molecule has 4 rings (SSSR count). The number of amides is 1. The van der Waals surface area contributed by atoms with Crippen LogP contribution in [-0.4, -0.2) is 40.9 Å². The van der Waals surface area contributed by atoms with Crippen LogP contribution in [0.4, 0.5) is 4.79 Å². The number of fused-ring (bicyclic) bond motifs is 4. The summed E-state index contributed by atoms with van der Waals surface area (Å²) in [6.45, 7) is 4.61. The molecule has 1 saturated heterocycles. The number of carbonyl (C=O) groups excluding carboxylic acids is 1. The first-order chi connectivity index (χ1) is 12.6. The maximum atomic E-state index is 11.9. The van der Waals surface area contributed by atoms with Gasteiger partial charge in [0, 0.05) is 24.2 Å². The summed E-state index contributed by atoms with van der Waals surface area (Å²) in [6, 6.07) is 2.56. The van der Waals surface area contributed by atoms with Crippen molar-refractivity contribution >= 4 is 6.09 Å². The Kier molecular flexibility index (Phi) is 5.06. The Morgan fingerprint density at radius 2 is 2.08 bits per heavy atom. The normalized spacial score (nSPS) is 35.0. The molecule has 5 atom stereocenters. The van der Waals surface area contributed by atoms with Crippen LogP contribution in [0.3, 0.4) is 0 Å². The highest BCUT2D eigenvalue weighted by molar-refractivity contribution is 5.66. The van der Waals surface area contributed by atoms with Crippen molar-refractivity contribution in [1.29, 1.82) is 0 Å². The van der Waals surface area contributed by atoms with Gasteiger partial charge >= 0.3 is 6.09 Å². The third kappa shape index (κ3) is 3.82. The average Bonchev–Trinajstić information content (AvgIpc) is 3.02. The molecule has 4 bridgehead atoms. The second kappa shape index (κ2) is 7.46. The molecule has 1 aromatic rings. The van der Waals surface area contributed by atoms with Crippen LogP contribution >= 0.6 is 0 Å². The van der Waals surface area contributed by atoms with Crippen LogP contribution in [0, 0.1) is 12.8 Å². The lowest BCUT2D eigenvalue weighted by atomic mass is 9.79. The fourth-order valence-corrected chi connectivity index (χ4v) is 4.27. The third-order valence-electron chi connectivity index (χ3n) is 5.52. The molecule has 1 amide bonds. The first-order valence-electron chi connectivity index (χ1n) is 9.50. The van der Waals surface area contributed by atoms with Gasteiger partial charge in [-0.1, -0.05) is 0 Å². The maximum Gasteiger partial charge on any atom is 0.407 e. The lowest BCUT2D eigenvalue weighted by Crippen LogP contribution is -2.38. The van der Waals surface area contributed by atoms with Crippen LogP contribution in [0.25, 0.3) is 0 Å². The minimum absolute atomic E-state index is 0.0729. The topological polar surface area (TPSA) is 97.4 Å². The Bertz CT molecular complexity index is 670. The standard InChI is InChI=1S/C18H27N5O3/c1-10-7-15-17-13-8-12(3-4-14(13)22-23-17)26-11(2)5-6-19-18(24)25-9-16(20-10)21-15/h7,11-14,17,22-23H,3-6,8-9H2,1-2H3,(H,19,24)/t11-,12?,13?,14?,17?/m1/s1. The number of cyclic esters (lactones) is 1. The minimum Gasteiger partial charge on any atom is -0.441 e. The molecule has 4 unspecified atom stereocenters. The highest BCUT2D eigenvalue weighted by Crippen LogP contribution is 2.39. The average molecular weight is 361 g/mol. The molecule has 0 radical (unpaired) electrons. The summed E-state index contributed by atoms with van der Waals surface area (Å²) in [7, 11) is 0. The first-order valence-corrected chi connectivity index (χ1v) is 9.50. The monoisotopic (exact) mass is 361 g/mol. The first kappa shape index (κ1) is 17.6. The summed E-state index contributed by atoms with van der Waals surface area (Å²) >= 11 is 0. The number of nitrogens with one attached hydrogen (secondary N) is 3. The molecule has 0 aromatic carbocycles.